The summed E-state index contributed by atoms with van der Waals surface area (Å²) in [5.74, 6) is -1.83. The van der Waals surface area contributed by atoms with Gasteiger partial charge in [-0.15, -0.1) is 0 Å². The van der Waals surface area contributed by atoms with Crippen LogP contribution in [0.25, 0.3) is 11.1 Å². The summed E-state index contributed by atoms with van der Waals surface area (Å²) in [7, 11) is 0. The summed E-state index contributed by atoms with van der Waals surface area (Å²) >= 11 is 0. The van der Waals surface area contributed by atoms with Gasteiger partial charge in [0.15, 0.2) is 6.04 Å². The van der Waals surface area contributed by atoms with Crippen LogP contribution >= 0.6 is 0 Å². The number of ether oxygens (including phenoxy) is 2. The molecule has 1 saturated carbocycles. The average molecular weight is 479 g/mol. The van der Waals surface area contributed by atoms with E-state index in [2.05, 4.69) is 29.6 Å². The molecule has 8 nitrogen and oxygen atoms in total. The lowest BCUT2D eigenvalue weighted by molar-refractivity contribution is -0.167. The van der Waals surface area contributed by atoms with Crippen molar-refractivity contribution in [2.45, 2.75) is 50.3 Å². The Morgan fingerprint density at radius 1 is 1.06 bits per heavy atom. The summed E-state index contributed by atoms with van der Waals surface area (Å²) in [6, 6.07) is 14.9. The fourth-order valence-corrected chi connectivity index (χ4v) is 5.83. The predicted octanol–water partition coefficient (Wildman–Crippen LogP) is 3.39. The second kappa shape index (κ2) is 9.70. The molecule has 2 unspecified atom stereocenters. The predicted molar refractivity (Wildman–Crippen MR) is 128 cm³/mol. The first kappa shape index (κ1) is 23.4. The molecule has 2 fully saturated rings. The van der Waals surface area contributed by atoms with Gasteiger partial charge in [0, 0.05) is 18.5 Å². The maximum Gasteiger partial charge on any atom is 0.407 e. The topological polar surface area (TPSA) is 105 Å². The van der Waals surface area contributed by atoms with E-state index in [0.717, 1.165) is 28.7 Å². The molecule has 2 amide bonds. The number of alkyl carbamates (subject to hydrolysis) is 1. The normalized spacial score (nSPS) is 25.6. The van der Waals surface area contributed by atoms with E-state index < -0.39 is 30.1 Å². The van der Waals surface area contributed by atoms with Crippen LogP contribution in [-0.4, -0.2) is 65.9 Å². The van der Waals surface area contributed by atoms with Crippen LogP contribution in [0.5, 0.6) is 0 Å². The van der Waals surface area contributed by atoms with Gasteiger partial charge in [0.25, 0.3) is 0 Å². The third-order valence-electron chi connectivity index (χ3n) is 7.51. The van der Waals surface area contributed by atoms with E-state index in [1.807, 2.05) is 24.3 Å². The zero-order chi connectivity index (χ0) is 24.5. The van der Waals surface area contributed by atoms with Gasteiger partial charge in [-0.3, -0.25) is 4.79 Å². The Kier molecular flexibility index (Phi) is 6.47. The van der Waals surface area contributed by atoms with E-state index in [9.17, 15) is 19.5 Å². The quantitative estimate of drug-likeness (QED) is 0.683. The molecule has 0 aromatic heterocycles. The SMILES string of the molecule is CC1OCCN(C(=O)[C@H]2CCC[C@H]2NC(=O)OCC2c3ccccc3-c3ccccc32)C1C(=O)O. The molecule has 1 aliphatic heterocycles. The summed E-state index contributed by atoms with van der Waals surface area (Å²) in [6.45, 7) is 2.40. The molecule has 35 heavy (non-hydrogen) atoms. The van der Waals surface area contributed by atoms with Crippen LogP contribution < -0.4 is 5.32 Å². The number of carbonyl (C=O) groups is 3. The number of hydrogen-bond donors (Lipinski definition) is 2. The maximum atomic E-state index is 13.3. The van der Waals surface area contributed by atoms with Gasteiger partial charge in [0.2, 0.25) is 5.91 Å². The summed E-state index contributed by atoms with van der Waals surface area (Å²) in [5.41, 5.74) is 4.59. The number of carbonyl (C=O) groups excluding carboxylic acids is 2. The second-order valence-corrected chi connectivity index (χ2v) is 9.50. The number of rotatable bonds is 5. The minimum absolute atomic E-state index is 0.0414. The Bertz CT molecular complexity index is 1090. The lowest BCUT2D eigenvalue weighted by atomic mass is 9.98. The number of carboxylic acids is 1. The number of nitrogens with one attached hydrogen (secondary N) is 1. The van der Waals surface area contributed by atoms with Crippen LogP contribution in [0.15, 0.2) is 48.5 Å². The highest BCUT2D eigenvalue weighted by atomic mass is 16.5. The van der Waals surface area contributed by atoms with Crippen molar-refractivity contribution in [2.75, 3.05) is 19.8 Å². The molecule has 1 heterocycles. The highest BCUT2D eigenvalue weighted by molar-refractivity contribution is 5.87. The molecule has 0 bridgehead atoms. The van der Waals surface area contributed by atoms with Crippen molar-refractivity contribution in [3.05, 3.63) is 59.7 Å². The number of nitrogens with zero attached hydrogens (tertiary/aromatic N) is 1. The number of benzene rings is 2. The summed E-state index contributed by atoms with van der Waals surface area (Å²) in [4.78, 5) is 39.3. The molecule has 2 aromatic rings. The van der Waals surface area contributed by atoms with Gasteiger partial charge in [0.05, 0.1) is 18.6 Å². The van der Waals surface area contributed by atoms with Gasteiger partial charge in [-0.05, 0) is 42.0 Å². The Morgan fingerprint density at radius 2 is 1.71 bits per heavy atom. The minimum Gasteiger partial charge on any atom is -0.480 e. The largest absolute Gasteiger partial charge is 0.480 e. The summed E-state index contributed by atoms with van der Waals surface area (Å²) < 4.78 is 11.1. The van der Waals surface area contributed by atoms with Gasteiger partial charge in [0.1, 0.15) is 6.61 Å². The molecule has 0 radical (unpaired) electrons. The van der Waals surface area contributed by atoms with Gasteiger partial charge in [-0.25, -0.2) is 9.59 Å². The monoisotopic (exact) mass is 478 g/mol. The summed E-state index contributed by atoms with van der Waals surface area (Å²) in [5, 5.41) is 12.5. The van der Waals surface area contributed by atoms with Crippen LogP contribution in [0.1, 0.15) is 43.2 Å². The molecule has 184 valence electrons. The molecule has 1 saturated heterocycles. The van der Waals surface area contributed by atoms with Crippen LogP contribution in [-0.2, 0) is 19.1 Å². The van der Waals surface area contributed by atoms with Crippen LogP contribution in [0.4, 0.5) is 4.79 Å². The Labute approximate surface area is 204 Å². The molecule has 0 spiro atoms. The Hall–Kier alpha value is -3.39. The van der Waals surface area contributed by atoms with E-state index in [-0.39, 0.29) is 31.0 Å². The third kappa shape index (κ3) is 4.38. The molecule has 3 aliphatic rings. The van der Waals surface area contributed by atoms with Gasteiger partial charge < -0.3 is 24.8 Å². The fourth-order valence-electron chi connectivity index (χ4n) is 5.83. The minimum atomic E-state index is -1.08. The number of carboxylic acid groups (broad SMARTS) is 1. The lowest BCUT2D eigenvalue weighted by Gasteiger charge is -2.39. The molecule has 2 aliphatic carbocycles. The van der Waals surface area contributed by atoms with Crippen molar-refractivity contribution < 1.29 is 29.0 Å². The van der Waals surface area contributed by atoms with E-state index >= 15 is 0 Å². The number of morpholine rings is 1. The third-order valence-corrected chi connectivity index (χ3v) is 7.51. The fraction of sp³-hybridized carbons (Fsp3) is 0.444. The van der Waals surface area contributed by atoms with E-state index in [4.69, 9.17) is 9.47 Å². The molecular formula is C27H30N2O6. The van der Waals surface area contributed by atoms with Crippen LogP contribution in [0, 0.1) is 5.92 Å². The molecule has 5 rings (SSSR count). The molecular weight excluding hydrogens is 448 g/mol. The van der Waals surface area contributed by atoms with Crippen molar-refractivity contribution in [3.63, 3.8) is 0 Å². The number of fused-ring (bicyclic) bond motifs is 3. The first-order chi connectivity index (χ1) is 17.0. The average Bonchev–Trinajstić information content (AvgIpc) is 3.44. The second-order valence-electron chi connectivity index (χ2n) is 9.50. The first-order valence-corrected chi connectivity index (χ1v) is 12.2. The van der Waals surface area contributed by atoms with Crippen LogP contribution in [0.2, 0.25) is 0 Å². The van der Waals surface area contributed by atoms with Crippen molar-refractivity contribution in [3.8, 4) is 11.1 Å². The molecule has 2 N–H and O–H groups in total. The first-order valence-electron chi connectivity index (χ1n) is 12.2. The van der Waals surface area contributed by atoms with Gasteiger partial charge >= 0.3 is 12.1 Å². The summed E-state index contributed by atoms with van der Waals surface area (Å²) in [6.07, 6.45) is 0.896. The standard InChI is InChI=1S/C27H30N2O6/c1-16-24(26(31)32)29(13-14-34-16)25(30)21-11-6-12-23(21)28-27(33)35-15-22-19-9-4-2-7-17(19)18-8-3-5-10-20(18)22/h2-5,7-10,16,21-24H,6,11-15H2,1H3,(H,28,33)(H,31,32)/t16?,21-,23+,24?/m0/s1. The smallest absolute Gasteiger partial charge is 0.407 e. The van der Waals surface area contributed by atoms with Gasteiger partial charge in [-0.2, -0.15) is 0 Å². The van der Waals surface area contributed by atoms with E-state index in [0.29, 0.717) is 19.4 Å². The van der Waals surface area contributed by atoms with Crippen molar-refractivity contribution in [1.82, 2.24) is 10.2 Å². The van der Waals surface area contributed by atoms with Gasteiger partial charge in [-0.1, -0.05) is 55.0 Å². The number of amides is 2. The molecule has 2 aromatic carbocycles. The Balaban J connectivity index is 1.23. The van der Waals surface area contributed by atoms with Crippen LogP contribution in [0.3, 0.4) is 0 Å². The Morgan fingerprint density at radius 3 is 2.37 bits per heavy atom. The lowest BCUT2D eigenvalue weighted by Crippen LogP contribution is -2.59. The zero-order valence-electron chi connectivity index (χ0n) is 19.7. The highest BCUT2D eigenvalue weighted by Gasteiger charge is 2.44. The zero-order valence-corrected chi connectivity index (χ0v) is 19.7. The molecule has 8 heteroatoms. The van der Waals surface area contributed by atoms with Crippen molar-refractivity contribution in [2.24, 2.45) is 5.92 Å². The van der Waals surface area contributed by atoms with E-state index in [1.165, 1.54) is 4.90 Å². The van der Waals surface area contributed by atoms with E-state index in [1.54, 1.807) is 6.92 Å². The number of hydrogen-bond acceptors (Lipinski definition) is 5. The molecule has 4 atom stereocenters. The van der Waals surface area contributed by atoms with Crippen molar-refractivity contribution in [1.29, 1.82) is 0 Å². The number of aliphatic carboxylic acids is 1. The maximum absolute atomic E-state index is 13.3. The highest BCUT2D eigenvalue weighted by Crippen LogP contribution is 2.44. The van der Waals surface area contributed by atoms with Crippen molar-refractivity contribution >= 4 is 18.0 Å².